The number of rotatable bonds is 1. The molecule has 1 atom stereocenters. The monoisotopic (exact) mass is 178 g/mol. The average Bonchev–Trinajstić information content (AvgIpc) is 2.17. The average molecular weight is 178 g/mol. The van der Waals surface area contributed by atoms with E-state index in [1.54, 1.807) is 6.07 Å². The molecule has 0 bridgehead atoms. The van der Waals surface area contributed by atoms with E-state index >= 15 is 0 Å². The summed E-state index contributed by atoms with van der Waals surface area (Å²) in [6.45, 7) is 0. The van der Waals surface area contributed by atoms with Gasteiger partial charge in [-0.05, 0) is 30.9 Å². The lowest BCUT2D eigenvalue weighted by molar-refractivity contribution is -0.109. The van der Waals surface area contributed by atoms with Crippen molar-refractivity contribution in [2.45, 2.75) is 25.2 Å². The fourth-order valence-electron chi connectivity index (χ4n) is 2.01. The van der Waals surface area contributed by atoms with Crippen LogP contribution in [0.3, 0.4) is 0 Å². The molecule has 1 unspecified atom stereocenters. The summed E-state index contributed by atoms with van der Waals surface area (Å²) in [5, 5.41) is 0. The predicted molar refractivity (Wildman–Crippen MR) is 48.1 cm³/mol. The van der Waals surface area contributed by atoms with Crippen molar-refractivity contribution in [1.82, 2.24) is 0 Å². The Labute approximate surface area is 76.6 Å². The molecule has 0 aromatic heterocycles. The number of hydrogen-bond donors (Lipinski definition) is 0. The summed E-state index contributed by atoms with van der Waals surface area (Å²) in [4.78, 5) is 10.7. The molecule has 0 saturated carbocycles. The molecule has 1 aliphatic rings. The van der Waals surface area contributed by atoms with Crippen molar-refractivity contribution in [3.63, 3.8) is 0 Å². The van der Waals surface area contributed by atoms with Gasteiger partial charge >= 0.3 is 0 Å². The highest BCUT2D eigenvalue weighted by atomic mass is 19.1. The second-order valence-corrected chi connectivity index (χ2v) is 3.45. The molecule has 1 aromatic rings. The molecule has 0 radical (unpaired) electrons. The normalized spacial score (nSPS) is 20.8. The van der Waals surface area contributed by atoms with E-state index < -0.39 is 0 Å². The van der Waals surface area contributed by atoms with E-state index in [1.807, 2.05) is 6.07 Å². The van der Waals surface area contributed by atoms with Crippen LogP contribution in [0.4, 0.5) is 4.39 Å². The zero-order chi connectivity index (χ0) is 9.26. The van der Waals surface area contributed by atoms with Crippen LogP contribution in [0.1, 0.15) is 29.9 Å². The van der Waals surface area contributed by atoms with Crippen molar-refractivity contribution in [3.05, 3.63) is 35.1 Å². The van der Waals surface area contributed by atoms with Crippen molar-refractivity contribution in [3.8, 4) is 0 Å². The van der Waals surface area contributed by atoms with Crippen LogP contribution in [0.25, 0.3) is 0 Å². The fraction of sp³-hybridized carbons (Fsp3) is 0.364. The van der Waals surface area contributed by atoms with Gasteiger partial charge in [0.2, 0.25) is 0 Å². The third kappa shape index (κ3) is 1.37. The third-order valence-electron chi connectivity index (χ3n) is 2.64. The number of hydrogen-bond acceptors (Lipinski definition) is 1. The maximum atomic E-state index is 13.3. The van der Waals surface area contributed by atoms with Gasteiger partial charge in [0, 0.05) is 11.5 Å². The molecule has 13 heavy (non-hydrogen) atoms. The molecule has 0 amide bonds. The van der Waals surface area contributed by atoms with Gasteiger partial charge in [0.25, 0.3) is 0 Å². The summed E-state index contributed by atoms with van der Waals surface area (Å²) >= 11 is 0. The van der Waals surface area contributed by atoms with E-state index in [-0.39, 0.29) is 11.7 Å². The molecule has 1 aliphatic carbocycles. The van der Waals surface area contributed by atoms with E-state index in [0.717, 1.165) is 31.1 Å². The molecule has 2 rings (SSSR count). The summed E-state index contributed by atoms with van der Waals surface area (Å²) in [7, 11) is 0. The maximum absolute atomic E-state index is 13.3. The molecule has 0 fully saturated rings. The molecular weight excluding hydrogens is 167 g/mol. The molecule has 0 heterocycles. The molecule has 0 aliphatic heterocycles. The summed E-state index contributed by atoms with van der Waals surface area (Å²) in [6.07, 6.45) is 3.54. The Hall–Kier alpha value is -1.18. The van der Waals surface area contributed by atoms with Gasteiger partial charge in [-0.25, -0.2) is 4.39 Å². The molecule has 0 N–H and O–H groups in total. The highest BCUT2D eigenvalue weighted by Crippen LogP contribution is 2.31. The molecular formula is C11H11FO. The highest BCUT2D eigenvalue weighted by Gasteiger charge is 2.22. The lowest BCUT2D eigenvalue weighted by Gasteiger charge is -2.21. The predicted octanol–water partition coefficient (Wildman–Crippen LogP) is 2.44. The molecule has 2 heteroatoms. The Morgan fingerprint density at radius 2 is 2.31 bits per heavy atom. The number of carbonyl (C=O) groups excluding carboxylic acids is 1. The number of aldehydes is 1. The molecule has 0 saturated heterocycles. The highest BCUT2D eigenvalue weighted by molar-refractivity contribution is 5.64. The van der Waals surface area contributed by atoms with Crippen molar-refractivity contribution in [1.29, 1.82) is 0 Å². The van der Waals surface area contributed by atoms with Crippen LogP contribution >= 0.6 is 0 Å². The van der Waals surface area contributed by atoms with E-state index in [0.29, 0.717) is 5.56 Å². The summed E-state index contributed by atoms with van der Waals surface area (Å²) in [5.74, 6) is -0.445. The minimum Gasteiger partial charge on any atom is -0.303 e. The Kier molecular flexibility index (Phi) is 2.13. The van der Waals surface area contributed by atoms with Crippen molar-refractivity contribution < 1.29 is 9.18 Å². The Balaban J connectivity index is 2.53. The van der Waals surface area contributed by atoms with Crippen LogP contribution in [-0.4, -0.2) is 6.29 Å². The minimum absolute atomic E-state index is 0.218. The van der Waals surface area contributed by atoms with Gasteiger partial charge in [-0.15, -0.1) is 0 Å². The van der Waals surface area contributed by atoms with E-state index in [2.05, 4.69) is 0 Å². The van der Waals surface area contributed by atoms with Crippen LogP contribution in [0, 0.1) is 5.82 Å². The van der Waals surface area contributed by atoms with Crippen LogP contribution in [-0.2, 0) is 11.2 Å². The van der Waals surface area contributed by atoms with Gasteiger partial charge in [-0.1, -0.05) is 12.1 Å². The first-order valence-electron chi connectivity index (χ1n) is 4.55. The van der Waals surface area contributed by atoms with Crippen LogP contribution in [0.15, 0.2) is 18.2 Å². The maximum Gasteiger partial charge on any atom is 0.127 e. The van der Waals surface area contributed by atoms with E-state index in [4.69, 9.17) is 0 Å². The molecule has 0 spiro atoms. The van der Waals surface area contributed by atoms with Crippen molar-refractivity contribution in [2.75, 3.05) is 0 Å². The minimum atomic E-state index is -0.227. The van der Waals surface area contributed by atoms with Crippen LogP contribution < -0.4 is 0 Å². The quantitative estimate of drug-likeness (QED) is 0.604. The van der Waals surface area contributed by atoms with Gasteiger partial charge in [-0.3, -0.25) is 0 Å². The number of carbonyl (C=O) groups is 1. The summed E-state index contributed by atoms with van der Waals surface area (Å²) in [6, 6.07) is 5.05. The van der Waals surface area contributed by atoms with E-state index in [1.165, 1.54) is 6.07 Å². The second-order valence-electron chi connectivity index (χ2n) is 3.45. The summed E-state index contributed by atoms with van der Waals surface area (Å²) < 4.78 is 13.3. The number of fused-ring (bicyclic) bond motifs is 1. The van der Waals surface area contributed by atoms with Gasteiger partial charge in [0.05, 0.1) is 0 Å². The smallest absolute Gasteiger partial charge is 0.127 e. The van der Waals surface area contributed by atoms with Gasteiger partial charge in [-0.2, -0.15) is 0 Å². The first-order chi connectivity index (χ1) is 6.33. The largest absolute Gasteiger partial charge is 0.303 e. The van der Waals surface area contributed by atoms with Gasteiger partial charge < -0.3 is 4.79 Å². The number of halogens is 1. The van der Waals surface area contributed by atoms with E-state index in [9.17, 15) is 9.18 Å². The number of aryl methyl sites for hydroxylation is 1. The SMILES string of the molecule is O=CC1CCCc2cccc(F)c21. The van der Waals surface area contributed by atoms with Crippen molar-refractivity contribution in [2.24, 2.45) is 0 Å². The Bertz CT molecular complexity index is 333. The number of benzene rings is 1. The van der Waals surface area contributed by atoms with Crippen molar-refractivity contribution >= 4 is 6.29 Å². The zero-order valence-corrected chi connectivity index (χ0v) is 7.29. The first-order valence-corrected chi connectivity index (χ1v) is 4.55. The second kappa shape index (κ2) is 3.29. The fourth-order valence-corrected chi connectivity index (χ4v) is 2.01. The standard InChI is InChI=1S/C11H11FO/c12-10-6-2-4-8-3-1-5-9(7-13)11(8)10/h2,4,6-7,9H,1,3,5H2. The third-order valence-corrected chi connectivity index (χ3v) is 2.64. The Morgan fingerprint density at radius 3 is 3.08 bits per heavy atom. The molecule has 68 valence electrons. The Morgan fingerprint density at radius 1 is 1.46 bits per heavy atom. The zero-order valence-electron chi connectivity index (χ0n) is 7.29. The van der Waals surface area contributed by atoms with Gasteiger partial charge in [0.15, 0.2) is 0 Å². The summed E-state index contributed by atoms with van der Waals surface area (Å²) in [5.41, 5.74) is 1.63. The topological polar surface area (TPSA) is 17.1 Å². The van der Waals surface area contributed by atoms with Gasteiger partial charge in [0.1, 0.15) is 12.1 Å². The van der Waals surface area contributed by atoms with Crippen LogP contribution in [0.2, 0.25) is 0 Å². The lowest BCUT2D eigenvalue weighted by Crippen LogP contribution is -2.12. The first kappa shape index (κ1) is 8.42. The molecule has 1 aromatic carbocycles. The van der Waals surface area contributed by atoms with Crippen LogP contribution in [0.5, 0.6) is 0 Å². The lowest BCUT2D eigenvalue weighted by atomic mass is 9.83. The molecule has 1 nitrogen and oxygen atoms in total.